The number of rotatable bonds is 3. The SMILES string of the molecule is COc1ccc(Br)c(NC(C#N)=C(C#N)C#N)c1. The number of hydrogen-bond acceptors (Lipinski definition) is 5. The lowest BCUT2D eigenvalue weighted by Gasteiger charge is -2.09. The van der Waals surface area contributed by atoms with Gasteiger partial charge in [0.25, 0.3) is 0 Å². The zero-order valence-corrected chi connectivity index (χ0v) is 10.9. The van der Waals surface area contributed by atoms with Crippen LogP contribution in [0.15, 0.2) is 33.9 Å². The van der Waals surface area contributed by atoms with E-state index in [2.05, 4.69) is 21.2 Å². The largest absolute Gasteiger partial charge is 0.497 e. The Morgan fingerprint density at radius 1 is 1.22 bits per heavy atom. The van der Waals surface area contributed by atoms with Gasteiger partial charge in [0, 0.05) is 10.5 Å². The predicted molar refractivity (Wildman–Crippen MR) is 68.2 cm³/mol. The molecule has 0 saturated carbocycles. The highest BCUT2D eigenvalue weighted by molar-refractivity contribution is 9.10. The number of methoxy groups -OCH3 is 1. The van der Waals surface area contributed by atoms with Crippen LogP contribution in [-0.2, 0) is 0 Å². The van der Waals surface area contributed by atoms with Crippen LogP contribution in [0.25, 0.3) is 0 Å². The first kappa shape index (κ1) is 13.6. The molecule has 1 aromatic rings. The van der Waals surface area contributed by atoms with Crippen LogP contribution in [0.3, 0.4) is 0 Å². The van der Waals surface area contributed by atoms with Gasteiger partial charge in [-0.05, 0) is 28.1 Å². The highest BCUT2D eigenvalue weighted by Gasteiger charge is 2.09. The molecule has 6 heteroatoms. The highest BCUT2D eigenvalue weighted by Crippen LogP contribution is 2.28. The molecule has 0 spiro atoms. The summed E-state index contributed by atoms with van der Waals surface area (Å²) in [6, 6.07) is 10.2. The molecule has 5 nitrogen and oxygen atoms in total. The summed E-state index contributed by atoms with van der Waals surface area (Å²) in [6.07, 6.45) is 0. The average molecular weight is 303 g/mol. The van der Waals surface area contributed by atoms with Crippen molar-refractivity contribution in [3.8, 4) is 24.0 Å². The number of nitrogens with one attached hydrogen (secondary N) is 1. The van der Waals surface area contributed by atoms with Gasteiger partial charge in [-0.1, -0.05) is 0 Å². The maximum absolute atomic E-state index is 8.92. The Balaban J connectivity index is 3.20. The minimum Gasteiger partial charge on any atom is -0.497 e. The summed E-state index contributed by atoms with van der Waals surface area (Å²) in [5.74, 6) is 0.591. The molecule has 0 saturated heterocycles. The van der Waals surface area contributed by atoms with Gasteiger partial charge in [0.05, 0.1) is 12.8 Å². The summed E-state index contributed by atoms with van der Waals surface area (Å²) in [4.78, 5) is 0. The van der Waals surface area contributed by atoms with Gasteiger partial charge in [0.2, 0.25) is 0 Å². The number of benzene rings is 1. The molecule has 0 aliphatic heterocycles. The second-order valence-corrected chi connectivity index (χ2v) is 3.91. The van der Waals surface area contributed by atoms with Crippen molar-refractivity contribution < 1.29 is 4.74 Å². The van der Waals surface area contributed by atoms with E-state index in [0.29, 0.717) is 15.9 Å². The number of nitrogens with zero attached hydrogens (tertiary/aromatic N) is 3. The van der Waals surface area contributed by atoms with Gasteiger partial charge < -0.3 is 10.1 Å². The van der Waals surface area contributed by atoms with Crippen LogP contribution in [0.2, 0.25) is 0 Å². The van der Waals surface area contributed by atoms with Gasteiger partial charge in [-0.15, -0.1) is 0 Å². The Kier molecular flexibility index (Phi) is 4.75. The highest BCUT2D eigenvalue weighted by atomic mass is 79.9. The van der Waals surface area contributed by atoms with Gasteiger partial charge in [0.1, 0.15) is 29.7 Å². The zero-order valence-electron chi connectivity index (χ0n) is 9.36. The molecule has 0 amide bonds. The zero-order chi connectivity index (χ0) is 13.5. The lowest BCUT2D eigenvalue weighted by molar-refractivity contribution is 0.415. The topological polar surface area (TPSA) is 92.6 Å². The number of hydrogen-bond donors (Lipinski definition) is 1. The van der Waals surface area contributed by atoms with Crippen LogP contribution in [0.1, 0.15) is 0 Å². The molecule has 0 unspecified atom stereocenters. The summed E-state index contributed by atoms with van der Waals surface area (Å²) in [5, 5.41) is 29.1. The molecule has 88 valence electrons. The lowest BCUT2D eigenvalue weighted by Crippen LogP contribution is -2.01. The number of anilines is 1. The summed E-state index contributed by atoms with van der Waals surface area (Å²) < 4.78 is 5.73. The number of allylic oxidation sites excluding steroid dienone is 2. The molecule has 0 fully saturated rings. The molecule has 0 bridgehead atoms. The lowest BCUT2D eigenvalue weighted by atomic mass is 10.2. The maximum Gasteiger partial charge on any atom is 0.163 e. The molecule has 1 N–H and O–H groups in total. The Labute approximate surface area is 113 Å². The smallest absolute Gasteiger partial charge is 0.163 e. The first-order valence-corrected chi connectivity index (χ1v) is 5.50. The summed E-state index contributed by atoms with van der Waals surface area (Å²) in [6.45, 7) is 0. The Morgan fingerprint density at radius 3 is 2.39 bits per heavy atom. The van der Waals surface area contributed by atoms with Crippen LogP contribution >= 0.6 is 15.9 Å². The van der Waals surface area contributed by atoms with Gasteiger partial charge in [-0.2, -0.15) is 15.8 Å². The third-order valence-electron chi connectivity index (χ3n) is 2.02. The molecule has 0 aromatic heterocycles. The maximum atomic E-state index is 8.92. The van der Waals surface area contributed by atoms with Crippen molar-refractivity contribution in [2.75, 3.05) is 12.4 Å². The molecule has 1 rings (SSSR count). The molecule has 1 aromatic carbocycles. The van der Waals surface area contributed by atoms with Crippen LogP contribution in [-0.4, -0.2) is 7.11 Å². The predicted octanol–water partition coefficient (Wildman–Crippen LogP) is 2.69. The van der Waals surface area contributed by atoms with Crippen molar-refractivity contribution in [3.05, 3.63) is 33.9 Å². The normalized spacial score (nSPS) is 8.39. The van der Waals surface area contributed by atoms with Crippen molar-refractivity contribution in [3.63, 3.8) is 0 Å². The fourth-order valence-electron chi connectivity index (χ4n) is 1.14. The fraction of sp³-hybridized carbons (Fsp3) is 0.0833. The van der Waals surface area contributed by atoms with E-state index in [9.17, 15) is 0 Å². The van der Waals surface area contributed by atoms with E-state index in [4.69, 9.17) is 20.5 Å². The van der Waals surface area contributed by atoms with Crippen molar-refractivity contribution >= 4 is 21.6 Å². The van der Waals surface area contributed by atoms with Gasteiger partial charge in [-0.3, -0.25) is 0 Å². The molecular weight excluding hydrogens is 296 g/mol. The van der Waals surface area contributed by atoms with Crippen LogP contribution < -0.4 is 10.1 Å². The van der Waals surface area contributed by atoms with Crippen LogP contribution in [0.4, 0.5) is 5.69 Å². The molecule has 18 heavy (non-hydrogen) atoms. The standard InChI is InChI=1S/C12H7BrN4O/c1-18-9-2-3-10(13)11(4-9)17-12(7-16)8(5-14)6-15/h2-4,17H,1H3. The van der Waals surface area contributed by atoms with Crippen LogP contribution in [0, 0.1) is 34.0 Å². The van der Waals surface area contributed by atoms with Crippen molar-refractivity contribution in [2.24, 2.45) is 0 Å². The molecule has 0 aliphatic carbocycles. The number of nitriles is 3. The first-order valence-electron chi connectivity index (χ1n) is 4.71. The second-order valence-electron chi connectivity index (χ2n) is 3.06. The monoisotopic (exact) mass is 302 g/mol. The van der Waals surface area contributed by atoms with Crippen molar-refractivity contribution in [1.82, 2.24) is 0 Å². The Bertz CT molecular complexity index is 600. The van der Waals surface area contributed by atoms with E-state index in [-0.39, 0.29) is 11.3 Å². The van der Waals surface area contributed by atoms with Gasteiger partial charge >= 0.3 is 0 Å². The fourth-order valence-corrected chi connectivity index (χ4v) is 1.49. The Morgan fingerprint density at radius 2 is 1.89 bits per heavy atom. The van der Waals surface area contributed by atoms with Gasteiger partial charge in [-0.25, -0.2) is 0 Å². The van der Waals surface area contributed by atoms with E-state index in [1.807, 2.05) is 0 Å². The average Bonchev–Trinajstić information content (AvgIpc) is 2.40. The third kappa shape index (κ3) is 3.01. The quantitative estimate of drug-likeness (QED) is 0.867. The van der Waals surface area contributed by atoms with Crippen LogP contribution in [0.5, 0.6) is 5.75 Å². The van der Waals surface area contributed by atoms with E-state index in [1.54, 1.807) is 36.4 Å². The molecule has 0 atom stereocenters. The minimum absolute atomic E-state index is 0.103. The summed E-state index contributed by atoms with van der Waals surface area (Å²) in [5.41, 5.74) is 0.162. The van der Waals surface area contributed by atoms with Crippen molar-refractivity contribution in [2.45, 2.75) is 0 Å². The van der Waals surface area contributed by atoms with E-state index < -0.39 is 0 Å². The second kappa shape index (κ2) is 6.30. The van der Waals surface area contributed by atoms with E-state index in [0.717, 1.165) is 0 Å². The third-order valence-corrected chi connectivity index (χ3v) is 2.71. The van der Waals surface area contributed by atoms with Gasteiger partial charge in [0.15, 0.2) is 5.57 Å². The van der Waals surface area contributed by atoms with E-state index in [1.165, 1.54) is 7.11 Å². The number of halogens is 1. The first-order chi connectivity index (χ1) is 8.65. The minimum atomic E-state index is -0.271. The summed E-state index contributed by atoms with van der Waals surface area (Å²) in [7, 11) is 1.52. The molecule has 0 radical (unpaired) electrons. The molecular formula is C12H7BrN4O. The molecule has 0 heterocycles. The van der Waals surface area contributed by atoms with Crippen molar-refractivity contribution in [1.29, 1.82) is 15.8 Å². The number of ether oxygens (including phenoxy) is 1. The molecule has 0 aliphatic rings. The summed E-state index contributed by atoms with van der Waals surface area (Å²) >= 11 is 3.29. The van der Waals surface area contributed by atoms with E-state index >= 15 is 0 Å². The Hall–Kier alpha value is -2.49.